The van der Waals surface area contributed by atoms with Gasteiger partial charge in [-0.25, -0.2) is 4.39 Å². The number of rotatable bonds is 3. The second kappa shape index (κ2) is 5.07. The summed E-state index contributed by atoms with van der Waals surface area (Å²) in [6.45, 7) is -0.0737. The molecule has 0 aliphatic carbocycles. The fraction of sp³-hybridized carbons (Fsp3) is 0.333. The van der Waals surface area contributed by atoms with Crippen molar-refractivity contribution in [1.29, 1.82) is 0 Å². The lowest BCUT2D eigenvalue weighted by molar-refractivity contribution is 0.275. The van der Waals surface area contributed by atoms with E-state index in [1.165, 1.54) is 6.07 Å². The number of benzene rings is 1. The van der Waals surface area contributed by atoms with Crippen LogP contribution in [0.25, 0.3) is 0 Å². The molecule has 0 saturated heterocycles. The zero-order chi connectivity index (χ0) is 10.7. The van der Waals surface area contributed by atoms with E-state index in [4.69, 9.17) is 22.4 Å². The molecule has 0 aromatic heterocycles. The maximum absolute atomic E-state index is 13.4. The summed E-state index contributed by atoms with van der Waals surface area (Å²) in [5.41, 5.74) is 6.03. The van der Waals surface area contributed by atoms with Crippen molar-refractivity contribution in [2.75, 3.05) is 6.61 Å². The van der Waals surface area contributed by atoms with Gasteiger partial charge < -0.3 is 10.8 Å². The standard InChI is InChI=1S/C9H10BrClFNO/c10-6-3-5(11)4-7(12)9(6)8(13)1-2-14/h3-4,8,14H,1-2,13H2. The highest BCUT2D eigenvalue weighted by molar-refractivity contribution is 9.10. The highest BCUT2D eigenvalue weighted by Crippen LogP contribution is 2.29. The van der Waals surface area contributed by atoms with Gasteiger partial charge in [0.25, 0.3) is 0 Å². The molecule has 14 heavy (non-hydrogen) atoms. The van der Waals surface area contributed by atoms with Crippen LogP contribution in [0.3, 0.4) is 0 Å². The highest BCUT2D eigenvalue weighted by atomic mass is 79.9. The molecular weight excluding hydrogens is 272 g/mol. The Morgan fingerprint density at radius 2 is 2.21 bits per heavy atom. The number of aliphatic hydroxyl groups is 1. The predicted molar refractivity (Wildman–Crippen MR) is 57.7 cm³/mol. The molecule has 1 atom stereocenters. The maximum Gasteiger partial charge on any atom is 0.130 e. The highest BCUT2D eigenvalue weighted by Gasteiger charge is 2.15. The third kappa shape index (κ3) is 2.67. The van der Waals surface area contributed by atoms with E-state index in [1.807, 2.05) is 0 Å². The number of hydrogen-bond donors (Lipinski definition) is 2. The minimum atomic E-state index is -0.522. The molecule has 1 rings (SSSR count). The summed E-state index contributed by atoms with van der Waals surface area (Å²) in [5, 5.41) is 9.00. The maximum atomic E-state index is 13.4. The molecule has 2 nitrogen and oxygen atoms in total. The molecule has 1 aromatic carbocycles. The summed E-state index contributed by atoms with van der Waals surface area (Å²) in [6, 6.07) is 2.27. The fourth-order valence-corrected chi connectivity index (χ4v) is 2.26. The Balaban J connectivity index is 3.07. The molecule has 0 radical (unpaired) electrons. The third-order valence-electron chi connectivity index (χ3n) is 1.85. The average Bonchev–Trinajstić information content (AvgIpc) is 2.01. The first kappa shape index (κ1) is 11.9. The van der Waals surface area contributed by atoms with Crippen LogP contribution in [0, 0.1) is 5.82 Å². The van der Waals surface area contributed by atoms with Crippen molar-refractivity contribution in [3.63, 3.8) is 0 Å². The van der Waals surface area contributed by atoms with E-state index in [0.717, 1.165) is 0 Å². The van der Waals surface area contributed by atoms with Gasteiger partial charge >= 0.3 is 0 Å². The number of halogens is 3. The lowest BCUT2D eigenvalue weighted by Crippen LogP contribution is -2.14. The molecule has 0 aliphatic rings. The van der Waals surface area contributed by atoms with Crippen LogP contribution in [0.2, 0.25) is 5.02 Å². The normalized spacial score (nSPS) is 12.9. The van der Waals surface area contributed by atoms with Crippen molar-refractivity contribution >= 4 is 27.5 Å². The summed E-state index contributed by atoms with van der Waals surface area (Å²) in [4.78, 5) is 0. The Morgan fingerprint density at radius 3 is 2.71 bits per heavy atom. The molecule has 0 bridgehead atoms. The van der Waals surface area contributed by atoms with Gasteiger partial charge in [-0.05, 0) is 18.6 Å². The molecule has 0 heterocycles. The zero-order valence-electron chi connectivity index (χ0n) is 7.30. The third-order valence-corrected chi connectivity index (χ3v) is 2.73. The monoisotopic (exact) mass is 281 g/mol. The molecular formula is C9H10BrClFNO. The van der Waals surface area contributed by atoms with E-state index in [1.54, 1.807) is 6.07 Å². The molecule has 1 aromatic rings. The second-order valence-electron chi connectivity index (χ2n) is 2.90. The largest absolute Gasteiger partial charge is 0.396 e. The SMILES string of the molecule is NC(CCO)c1c(F)cc(Cl)cc1Br. The van der Waals surface area contributed by atoms with Gasteiger partial charge in [0.2, 0.25) is 0 Å². The van der Waals surface area contributed by atoms with Crippen molar-refractivity contribution in [1.82, 2.24) is 0 Å². The molecule has 0 aliphatic heterocycles. The molecule has 3 N–H and O–H groups in total. The van der Waals surface area contributed by atoms with E-state index >= 15 is 0 Å². The molecule has 0 saturated carbocycles. The van der Waals surface area contributed by atoms with Gasteiger partial charge in [-0.2, -0.15) is 0 Å². The minimum absolute atomic E-state index is 0.0737. The van der Waals surface area contributed by atoms with Crippen molar-refractivity contribution in [2.45, 2.75) is 12.5 Å². The van der Waals surface area contributed by atoms with Gasteiger partial charge in [0.05, 0.1) is 0 Å². The van der Waals surface area contributed by atoms with Gasteiger partial charge in [-0.15, -0.1) is 0 Å². The smallest absolute Gasteiger partial charge is 0.130 e. The van der Waals surface area contributed by atoms with E-state index in [0.29, 0.717) is 21.5 Å². The molecule has 5 heteroatoms. The Labute approximate surface area is 95.0 Å². The number of hydrogen-bond acceptors (Lipinski definition) is 2. The van der Waals surface area contributed by atoms with E-state index in [9.17, 15) is 4.39 Å². The van der Waals surface area contributed by atoms with Gasteiger partial charge in [-0.1, -0.05) is 27.5 Å². The van der Waals surface area contributed by atoms with Gasteiger partial charge in [0.1, 0.15) is 5.82 Å². The van der Waals surface area contributed by atoms with Gasteiger partial charge in [0, 0.05) is 27.7 Å². The van der Waals surface area contributed by atoms with Crippen molar-refractivity contribution < 1.29 is 9.50 Å². The van der Waals surface area contributed by atoms with Crippen LogP contribution in [-0.2, 0) is 0 Å². The average molecular weight is 283 g/mol. The quantitative estimate of drug-likeness (QED) is 0.895. The van der Waals surface area contributed by atoms with Crippen molar-refractivity contribution in [3.8, 4) is 0 Å². The Hall–Kier alpha value is -0.160. The van der Waals surface area contributed by atoms with Crippen LogP contribution >= 0.6 is 27.5 Å². The van der Waals surface area contributed by atoms with Crippen molar-refractivity contribution in [3.05, 3.63) is 33.0 Å². The van der Waals surface area contributed by atoms with Crippen LogP contribution in [0.5, 0.6) is 0 Å². The second-order valence-corrected chi connectivity index (χ2v) is 4.19. The molecule has 0 amide bonds. The van der Waals surface area contributed by atoms with Gasteiger partial charge in [-0.3, -0.25) is 0 Å². The van der Waals surface area contributed by atoms with E-state index in [2.05, 4.69) is 15.9 Å². The summed E-state index contributed by atoms with van der Waals surface area (Å²) < 4.78 is 13.9. The molecule has 1 unspecified atom stereocenters. The first-order valence-electron chi connectivity index (χ1n) is 4.07. The Morgan fingerprint density at radius 1 is 1.57 bits per heavy atom. The lowest BCUT2D eigenvalue weighted by atomic mass is 10.0. The minimum Gasteiger partial charge on any atom is -0.396 e. The fourth-order valence-electron chi connectivity index (χ4n) is 1.19. The summed E-state index contributed by atoms with van der Waals surface area (Å²) in [5.74, 6) is -0.453. The Bertz CT molecular complexity index is 312. The molecule has 0 spiro atoms. The van der Waals surface area contributed by atoms with E-state index < -0.39 is 11.9 Å². The predicted octanol–water partition coefficient (Wildman–Crippen LogP) is 2.62. The van der Waals surface area contributed by atoms with Gasteiger partial charge in [0.15, 0.2) is 0 Å². The topological polar surface area (TPSA) is 46.2 Å². The van der Waals surface area contributed by atoms with Crippen LogP contribution in [0.4, 0.5) is 4.39 Å². The number of nitrogens with two attached hydrogens (primary N) is 1. The van der Waals surface area contributed by atoms with E-state index in [-0.39, 0.29) is 6.61 Å². The van der Waals surface area contributed by atoms with Crippen LogP contribution in [-0.4, -0.2) is 11.7 Å². The first-order valence-corrected chi connectivity index (χ1v) is 5.24. The molecule has 0 fully saturated rings. The van der Waals surface area contributed by atoms with Crippen LogP contribution < -0.4 is 5.73 Å². The summed E-state index contributed by atoms with van der Waals surface area (Å²) >= 11 is 8.83. The summed E-state index contributed by atoms with van der Waals surface area (Å²) in [6.07, 6.45) is 0.317. The zero-order valence-corrected chi connectivity index (χ0v) is 9.65. The summed E-state index contributed by atoms with van der Waals surface area (Å²) in [7, 11) is 0. The number of aliphatic hydroxyl groups excluding tert-OH is 1. The van der Waals surface area contributed by atoms with Crippen LogP contribution in [0.15, 0.2) is 16.6 Å². The Kier molecular flexibility index (Phi) is 4.31. The molecule has 78 valence electrons. The first-order chi connectivity index (χ1) is 6.56. The lowest BCUT2D eigenvalue weighted by Gasteiger charge is -2.13. The van der Waals surface area contributed by atoms with Crippen molar-refractivity contribution in [2.24, 2.45) is 5.73 Å². The van der Waals surface area contributed by atoms with Crippen LogP contribution in [0.1, 0.15) is 18.0 Å².